The Bertz CT molecular complexity index is 905. The third-order valence-electron chi connectivity index (χ3n) is 7.68. The van der Waals surface area contributed by atoms with Gasteiger partial charge in [0, 0.05) is 13.1 Å². The van der Waals surface area contributed by atoms with Crippen molar-refractivity contribution in [3.05, 3.63) is 35.9 Å². The highest BCUT2D eigenvalue weighted by Gasteiger charge is 2.78. The molecule has 0 aliphatic carbocycles. The lowest BCUT2D eigenvalue weighted by Gasteiger charge is -2.36. The number of rotatable bonds is 9. The molecule has 6 atom stereocenters. The number of aliphatic hydroxyl groups excluding tert-OH is 1. The number of carbonyl (C=O) groups excluding carboxylic acids is 3. The van der Waals surface area contributed by atoms with E-state index in [2.05, 4.69) is 10.6 Å². The van der Waals surface area contributed by atoms with Gasteiger partial charge in [0.15, 0.2) is 0 Å². The van der Waals surface area contributed by atoms with Crippen LogP contribution in [0, 0.1) is 11.8 Å². The molecule has 33 heavy (non-hydrogen) atoms. The third-order valence-corrected chi connectivity index (χ3v) is 7.68. The second kappa shape index (κ2) is 9.06. The molecule has 0 radical (unpaired) electrons. The SMILES string of the molecule is CCCNC(=O)[C@H]1[C@H]2C(=O)N([C@@H](CC)CO)C(C(=O)NCc3ccccc3)C23CC[C@]1(C)O3. The highest BCUT2D eigenvalue weighted by atomic mass is 16.5. The van der Waals surface area contributed by atoms with Gasteiger partial charge in [0.25, 0.3) is 0 Å². The Morgan fingerprint density at radius 2 is 1.91 bits per heavy atom. The Labute approximate surface area is 195 Å². The van der Waals surface area contributed by atoms with Gasteiger partial charge in [-0.1, -0.05) is 44.2 Å². The van der Waals surface area contributed by atoms with Gasteiger partial charge in [-0.25, -0.2) is 0 Å². The average molecular weight is 458 g/mol. The smallest absolute Gasteiger partial charge is 0.246 e. The average Bonchev–Trinajstić information content (AvgIpc) is 3.39. The quantitative estimate of drug-likeness (QED) is 0.519. The molecule has 8 nitrogen and oxygen atoms in total. The Hall–Kier alpha value is -2.45. The van der Waals surface area contributed by atoms with E-state index in [0.29, 0.717) is 32.4 Å². The van der Waals surface area contributed by atoms with Crippen molar-refractivity contribution in [2.45, 2.75) is 76.3 Å². The molecule has 0 saturated carbocycles. The summed E-state index contributed by atoms with van der Waals surface area (Å²) in [6, 6.07) is 8.17. The number of carbonyl (C=O) groups is 3. The van der Waals surface area contributed by atoms with Crippen LogP contribution in [0.5, 0.6) is 0 Å². The Balaban J connectivity index is 1.69. The maximum Gasteiger partial charge on any atom is 0.246 e. The lowest BCUT2D eigenvalue weighted by Crippen LogP contribution is -2.57. The molecule has 3 aliphatic heterocycles. The summed E-state index contributed by atoms with van der Waals surface area (Å²) in [5.74, 6) is -2.16. The van der Waals surface area contributed by atoms with Crippen molar-refractivity contribution in [1.82, 2.24) is 15.5 Å². The zero-order valence-corrected chi connectivity index (χ0v) is 19.7. The summed E-state index contributed by atoms with van der Waals surface area (Å²) in [5.41, 5.74) is -0.905. The van der Waals surface area contributed by atoms with Gasteiger partial charge in [-0.15, -0.1) is 0 Å². The Kier molecular flexibility index (Phi) is 6.51. The van der Waals surface area contributed by atoms with Crippen molar-refractivity contribution in [2.24, 2.45) is 11.8 Å². The first kappa shape index (κ1) is 23.7. The van der Waals surface area contributed by atoms with Crippen molar-refractivity contribution in [2.75, 3.05) is 13.2 Å². The van der Waals surface area contributed by atoms with Gasteiger partial charge < -0.3 is 25.4 Å². The molecule has 1 aromatic rings. The maximum atomic E-state index is 13.8. The number of nitrogens with zero attached hydrogens (tertiary/aromatic N) is 1. The number of fused-ring (bicyclic) bond motifs is 1. The van der Waals surface area contributed by atoms with Crippen LogP contribution >= 0.6 is 0 Å². The zero-order chi connectivity index (χ0) is 23.8. The summed E-state index contributed by atoms with van der Waals surface area (Å²) >= 11 is 0. The number of nitrogens with one attached hydrogen (secondary N) is 2. The van der Waals surface area contributed by atoms with E-state index in [4.69, 9.17) is 4.74 Å². The van der Waals surface area contributed by atoms with Crippen LogP contribution in [0.2, 0.25) is 0 Å². The molecule has 4 rings (SSSR count). The molecule has 3 saturated heterocycles. The van der Waals surface area contributed by atoms with E-state index in [1.54, 1.807) is 0 Å². The molecule has 1 aromatic carbocycles. The molecule has 8 heteroatoms. The van der Waals surface area contributed by atoms with Crippen LogP contribution in [0.15, 0.2) is 30.3 Å². The predicted molar refractivity (Wildman–Crippen MR) is 122 cm³/mol. The van der Waals surface area contributed by atoms with E-state index in [1.807, 2.05) is 51.1 Å². The van der Waals surface area contributed by atoms with Crippen molar-refractivity contribution >= 4 is 17.7 Å². The van der Waals surface area contributed by atoms with E-state index in [1.165, 1.54) is 4.90 Å². The minimum atomic E-state index is -1.07. The number of likely N-dealkylation sites (tertiary alicyclic amines) is 1. The molecular weight excluding hydrogens is 422 g/mol. The normalized spacial score (nSPS) is 33.2. The summed E-state index contributed by atoms with van der Waals surface area (Å²) in [6.45, 7) is 6.34. The molecule has 2 unspecified atom stereocenters. The molecule has 0 aromatic heterocycles. The van der Waals surface area contributed by atoms with Crippen LogP contribution in [0.1, 0.15) is 52.0 Å². The summed E-state index contributed by atoms with van der Waals surface area (Å²) < 4.78 is 6.54. The number of hydrogen-bond acceptors (Lipinski definition) is 5. The lowest BCUT2D eigenvalue weighted by molar-refractivity contribution is -0.149. The van der Waals surface area contributed by atoms with E-state index in [-0.39, 0.29) is 24.3 Å². The second-order valence-electron chi connectivity index (χ2n) is 9.71. The molecular formula is C25H35N3O5. The molecule has 3 N–H and O–H groups in total. The maximum absolute atomic E-state index is 13.8. The van der Waals surface area contributed by atoms with Gasteiger partial charge >= 0.3 is 0 Å². The summed E-state index contributed by atoms with van der Waals surface area (Å²) in [4.78, 5) is 42.1. The highest BCUT2D eigenvalue weighted by molar-refractivity contribution is 5.99. The fraction of sp³-hybridized carbons (Fsp3) is 0.640. The van der Waals surface area contributed by atoms with Crippen LogP contribution < -0.4 is 10.6 Å². The van der Waals surface area contributed by atoms with Gasteiger partial charge in [0.2, 0.25) is 17.7 Å². The minimum absolute atomic E-state index is 0.193. The first-order valence-corrected chi connectivity index (χ1v) is 12.1. The Morgan fingerprint density at radius 3 is 2.55 bits per heavy atom. The van der Waals surface area contributed by atoms with Gasteiger partial charge in [0.05, 0.1) is 30.1 Å². The number of ether oxygens (including phenoxy) is 1. The van der Waals surface area contributed by atoms with E-state index in [9.17, 15) is 19.5 Å². The molecule has 1 spiro atoms. The van der Waals surface area contributed by atoms with Gasteiger partial charge in [0.1, 0.15) is 11.6 Å². The molecule has 3 heterocycles. The first-order chi connectivity index (χ1) is 15.8. The number of hydrogen-bond donors (Lipinski definition) is 3. The van der Waals surface area contributed by atoms with Crippen molar-refractivity contribution in [1.29, 1.82) is 0 Å². The van der Waals surface area contributed by atoms with E-state index in [0.717, 1.165) is 12.0 Å². The summed E-state index contributed by atoms with van der Waals surface area (Å²) in [5, 5.41) is 16.0. The van der Waals surface area contributed by atoms with Gasteiger partial charge in [-0.3, -0.25) is 14.4 Å². The second-order valence-corrected chi connectivity index (χ2v) is 9.71. The lowest BCUT2D eigenvalue weighted by atomic mass is 9.66. The predicted octanol–water partition coefficient (Wildman–Crippen LogP) is 1.36. The van der Waals surface area contributed by atoms with Crippen LogP contribution in [0.4, 0.5) is 0 Å². The topological polar surface area (TPSA) is 108 Å². The zero-order valence-electron chi connectivity index (χ0n) is 19.7. The van der Waals surface area contributed by atoms with Crippen molar-refractivity contribution in [3.8, 4) is 0 Å². The fourth-order valence-electron chi connectivity index (χ4n) is 6.11. The van der Waals surface area contributed by atoms with Crippen LogP contribution in [0.3, 0.4) is 0 Å². The van der Waals surface area contributed by atoms with Crippen molar-refractivity contribution < 1.29 is 24.2 Å². The standard InChI is InChI=1S/C25H35N3O5/c1-4-13-26-21(30)18-19-23(32)28(17(5-2)15-29)20(25(19)12-11-24(18,3)33-25)22(31)27-14-16-9-7-6-8-10-16/h6-10,17-20,29H,4-5,11-15H2,1-3H3,(H,26,30)(H,27,31)/t17-,18+,19-,20?,24-,25?/m0/s1. The minimum Gasteiger partial charge on any atom is -0.394 e. The molecule has 2 bridgehead atoms. The molecule has 3 fully saturated rings. The number of amides is 3. The Morgan fingerprint density at radius 1 is 1.18 bits per heavy atom. The molecule has 3 aliphatic rings. The largest absolute Gasteiger partial charge is 0.394 e. The van der Waals surface area contributed by atoms with Crippen LogP contribution in [-0.2, 0) is 25.7 Å². The molecule has 180 valence electrons. The van der Waals surface area contributed by atoms with Crippen LogP contribution in [0.25, 0.3) is 0 Å². The van der Waals surface area contributed by atoms with Gasteiger partial charge in [-0.2, -0.15) is 0 Å². The summed E-state index contributed by atoms with van der Waals surface area (Å²) in [7, 11) is 0. The van der Waals surface area contributed by atoms with Crippen molar-refractivity contribution in [3.63, 3.8) is 0 Å². The van der Waals surface area contributed by atoms with Crippen LogP contribution in [-0.4, -0.2) is 64.2 Å². The van der Waals surface area contributed by atoms with E-state index < -0.39 is 35.1 Å². The van der Waals surface area contributed by atoms with E-state index >= 15 is 0 Å². The third kappa shape index (κ3) is 3.73. The first-order valence-electron chi connectivity index (χ1n) is 12.1. The summed E-state index contributed by atoms with van der Waals surface area (Å²) in [6.07, 6.45) is 2.42. The highest BCUT2D eigenvalue weighted by Crippen LogP contribution is 2.63. The number of aliphatic hydroxyl groups is 1. The van der Waals surface area contributed by atoms with Gasteiger partial charge in [-0.05, 0) is 38.2 Å². The molecule has 3 amide bonds. The number of benzene rings is 1. The fourth-order valence-corrected chi connectivity index (χ4v) is 6.11. The monoisotopic (exact) mass is 457 g/mol.